The van der Waals surface area contributed by atoms with Gasteiger partial charge in [0, 0.05) is 0 Å². The Morgan fingerprint density at radius 3 is 2.45 bits per heavy atom. The summed E-state index contributed by atoms with van der Waals surface area (Å²) in [6, 6.07) is 19.6. The molecule has 0 saturated carbocycles. The molecule has 0 spiro atoms. The Morgan fingerprint density at radius 2 is 1.70 bits per heavy atom. The summed E-state index contributed by atoms with van der Waals surface area (Å²) in [4.78, 5) is 0. The number of hydrogen-bond acceptors (Lipinski definition) is 0. The molecule has 1 aliphatic rings. The Morgan fingerprint density at radius 1 is 0.950 bits per heavy atom. The monoisotopic (exact) mass is 260 g/mol. The van der Waals surface area contributed by atoms with E-state index in [9.17, 15) is 0 Å². The average Bonchev–Trinajstić information content (AvgIpc) is 2.49. The third kappa shape index (κ3) is 3.08. The summed E-state index contributed by atoms with van der Waals surface area (Å²) in [7, 11) is 0. The number of aryl methyl sites for hydroxylation is 1. The number of allylic oxidation sites excluding steroid dienone is 4. The van der Waals surface area contributed by atoms with Crippen LogP contribution in [0.2, 0.25) is 0 Å². The lowest BCUT2D eigenvalue weighted by Gasteiger charge is -2.17. The molecule has 0 bridgehead atoms. The van der Waals surface area contributed by atoms with Crippen molar-refractivity contribution in [2.75, 3.05) is 0 Å². The fraction of sp³-hybridized carbons (Fsp3) is 0.200. The minimum atomic E-state index is 0.610. The Hall–Kier alpha value is -2.08. The van der Waals surface area contributed by atoms with Crippen molar-refractivity contribution in [3.63, 3.8) is 0 Å². The van der Waals surface area contributed by atoms with E-state index in [1.807, 2.05) is 0 Å². The van der Waals surface area contributed by atoms with E-state index in [1.165, 1.54) is 22.3 Å². The van der Waals surface area contributed by atoms with E-state index in [4.69, 9.17) is 0 Å². The van der Waals surface area contributed by atoms with Crippen LogP contribution < -0.4 is 0 Å². The van der Waals surface area contributed by atoms with Crippen LogP contribution in [0.5, 0.6) is 0 Å². The second-order valence-corrected chi connectivity index (χ2v) is 5.58. The van der Waals surface area contributed by atoms with E-state index in [1.54, 1.807) is 0 Å². The van der Waals surface area contributed by atoms with Gasteiger partial charge >= 0.3 is 0 Å². The van der Waals surface area contributed by atoms with Gasteiger partial charge in [-0.15, -0.1) is 0 Å². The molecule has 0 heterocycles. The Bertz CT molecular complexity index is 615. The van der Waals surface area contributed by atoms with Gasteiger partial charge in [-0.1, -0.05) is 78.4 Å². The van der Waals surface area contributed by atoms with Crippen LogP contribution in [-0.4, -0.2) is 0 Å². The summed E-state index contributed by atoms with van der Waals surface area (Å²) < 4.78 is 0. The molecule has 0 saturated heterocycles. The van der Waals surface area contributed by atoms with Gasteiger partial charge in [-0.2, -0.15) is 0 Å². The zero-order valence-electron chi connectivity index (χ0n) is 11.9. The van der Waals surface area contributed by atoms with Crippen LogP contribution >= 0.6 is 0 Å². The first-order valence-corrected chi connectivity index (χ1v) is 7.30. The lowest BCUT2D eigenvalue weighted by molar-refractivity contribution is 0.655. The van der Waals surface area contributed by atoms with Gasteiger partial charge in [0.05, 0.1) is 0 Å². The number of hydrogen-bond donors (Lipinski definition) is 0. The smallest absolute Gasteiger partial charge is 0.0149 e. The first kappa shape index (κ1) is 12.9. The molecule has 100 valence electrons. The van der Waals surface area contributed by atoms with Crippen LogP contribution in [-0.2, 0) is 6.42 Å². The van der Waals surface area contributed by atoms with E-state index in [0.29, 0.717) is 5.92 Å². The highest BCUT2D eigenvalue weighted by molar-refractivity contribution is 5.75. The van der Waals surface area contributed by atoms with Crippen LogP contribution in [0.1, 0.15) is 23.1 Å². The molecule has 0 radical (unpaired) electrons. The summed E-state index contributed by atoms with van der Waals surface area (Å²) in [6.45, 7) is 2.13. The Labute approximate surface area is 121 Å². The van der Waals surface area contributed by atoms with Gasteiger partial charge in [-0.05, 0) is 42.4 Å². The molecule has 3 rings (SSSR count). The molecule has 0 aliphatic heterocycles. The molecule has 0 N–H and O–H groups in total. The fourth-order valence-electron chi connectivity index (χ4n) is 2.74. The maximum absolute atomic E-state index is 2.43. The summed E-state index contributed by atoms with van der Waals surface area (Å²) in [6.07, 6.45) is 9.26. The quantitative estimate of drug-likeness (QED) is 0.711. The lowest BCUT2D eigenvalue weighted by Crippen LogP contribution is -2.04. The molecule has 1 unspecified atom stereocenters. The van der Waals surface area contributed by atoms with Crippen molar-refractivity contribution in [1.29, 1.82) is 0 Å². The van der Waals surface area contributed by atoms with Gasteiger partial charge in [-0.3, -0.25) is 0 Å². The van der Waals surface area contributed by atoms with Crippen molar-refractivity contribution >= 4 is 5.57 Å². The van der Waals surface area contributed by atoms with Gasteiger partial charge < -0.3 is 0 Å². The highest BCUT2D eigenvalue weighted by Gasteiger charge is 2.11. The second kappa shape index (κ2) is 5.92. The average molecular weight is 260 g/mol. The maximum atomic E-state index is 2.43. The Kier molecular flexibility index (Phi) is 3.83. The number of benzene rings is 2. The molecule has 0 amide bonds. The molecule has 2 aromatic carbocycles. The minimum absolute atomic E-state index is 0.610. The van der Waals surface area contributed by atoms with Gasteiger partial charge in [0.1, 0.15) is 0 Å². The van der Waals surface area contributed by atoms with Crippen molar-refractivity contribution < 1.29 is 0 Å². The van der Waals surface area contributed by atoms with Crippen LogP contribution in [0.4, 0.5) is 0 Å². The Balaban J connectivity index is 1.78. The molecular weight excluding hydrogens is 240 g/mol. The van der Waals surface area contributed by atoms with Crippen LogP contribution in [0.3, 0.4) is 0 Å². The molecule has 0 nitrogen and oxygen atoms in total. The predicted octanol–water partition coefficient (Wildman–Crippen LogP) is 5.20. The maximum Gasteiger partial charge on any atom is -0.0149 e. The van der Waals surface area contributed by atoms with Crippen molar-refractivity contribution in [1.82, 2.24) is 0 Å². The summed E-state index contributed by atoms with van der Waals surface area (Å²) in [5, 5.41) is 0. The van der Waals surface area contributed by atoms with Gasteiger partial charge in [0.2, 0.25) is 0 Å². The predicted molar refractivity (Wildman–Crippen MR) is 86.5 cm³/mol. The molecule has 1 aliphatic carbocycles. The molecule has 0 heteroatoms. The van der Waals surface area contributed by atoms with Crippen LogP contribution in [0.15, 0.2) is 72.8 Å². The molecule has 20 heavy (non-hydrogen) atoms. The second-order valence-electron chi connectivity index (χ2n) is 5.58. The fourth-order valence-corrected chi connectivity index (χ4v) is 2.74. The normalized spacial score (nSPS) is 17.9. The lowest BCUT2D eigenvalue weighted by atomic mass is 9.88. The minimum Gasteiger partial charge on any atom is -0.0833 e. The molecular formula is C20H20. The van der Waals surface area contributed by atoms with Crippen molar-refractivity contribution in [2.45, 2.75) is 19.8 Å². The summed E-state index contributed by atoms with van der Waals surface area (Å²) >= 11 is 0. The van der Waals surface area contributed by atoms with Gasteiger partial charge in [0.15, 0.2) is 0 Å². The standard InChI is InChI=1S/C20H20/c1-16-10-12-19(13-11-16)20-9-5-8-18(15-20)14-17-6-3-2-4-7-17/h2-7,9-13,15,18H,8,14H2,1H3. The summed E-state index contributed by atoms with van der Waals surface area (Å²) in [5.74, 6) is 0.610. The third-order valence-corrected chi connectivity index (χ3v) is 3.88. The zero-order valence-corrected chi connectivity index (χ0v) is 11.9. The first-order chi connectivity index (χ1) is 9.81. The first-order valence-electron chi connectivity index (χ1n) is 7.30. The zero-order chi connectivity index (χ0) is 13.8. The van der Waals surface area contributed by atoms with Crippen molar-refractivity contribution in [3.05, 3.63) is 89.5 Å². The van der Waals surface area contributed by atoms with Crippen LogP contribution in [0, 0.1) is 12.8 Å². The molecule has 0 aromatic heterocycles. The van der Waals surface area contributed by atoms with E-state index in [2.05, 4.69) is 79.7 Å². The van der Waals surface area contributed by atoms with Crippen molar-refractivity contribution in [3.8, 4) is 0 Å². The molecule has 2 aromatic rings. The highest BCUT2D eigenvalue weighted by atomic mass is 14.2. The van der Waals surface area contributed by atoms with E-state index in [-0.39, 0.29) is 0 Å². The van der Waals surface area contributed by atoms with Gasteiger partial charge in [0.25, 0.3) is 0 Å². The molecule has 0 fully saturated rings. The van der Waals surface area contributed by atoms with E-state index >= 15 is 0 Å². The topological polar surface area (TPSA) is 0 Å². The van der Waals surface area contributed by atoms with Gasteiger partial charge in [-0.25, -0.2) is 0 Å². The largest absolute Gasteiger partial charge is 0.0833 e. The van der Waals surface area contributed by atoms with E-state index in [0.717, 1.165) is 12.8 Å². The summed E-state index contributed by atoms with van der Waals surface area (Å²) in [5.41, 5.74) is 5.42. The highest BCUT2D eigenvalue weighted by Crippen LogP contribution is 2.27. The number of rotatable bonds is 3. The third-order valence-electron chi connectivity index (χ3n) is 3.88. The van der Waals surface area contributed by atoms with Crippen LogP contribution in [0.25, 0.3) is 5.57 Å². The molecule has 1 atom stereocenters. The van der Waals surface area contributed by atoms with Crippen molar-refractivity contribution in [2.24, 2.45) is 5.92 Å². The SMILES string of the molecule is Cc1ccc(C2=CC(Cc3ccccc3)CC=C2)cc1. The van der Waals surface area contributed by atoms with E-state index < -0.39 is 0 Å².